The van der Waals surface area contributed by atoms with Gasteiger partial charge in [0.25, 0.3) is 0 Å². The third kappa shape index (κ3) is 3.47. The molecule has 0 saturated carbocycles. The van der Waals surface area contributed by atoms with Gasteiger partial charge in [0.1, 0.15) is 0 Å². The van der Waals surface area contributed by atoms with Crippen LogP contribution < -0.4 is 0 Å². The number of rotatable bonds is 5. The summed E-state index contributed by atoms with van der Waals surface area (Å²) in [7, 11) is -2.09. The molecule has 0 aliphatic carbocycles. The maximum atomic E-state index is 12.5. The van der Waals surface area contributed by atoms with Crippen LogP contribution >= 0.6 is 0 Å². The zero-order valence-electron chi connectivity index (χ0n) is 12.0. The lowest BCUT2D eigenvalue weighted by Gasteiger charge is -2.17. The van der Waals surface area contributed by atoms with Gasteiger partial charge in [0, 0.05) is 13.2 Å². The van der Waals surface area contributed by atoms with Gasteiger partial charge in [-0.15, -0.1) is 0 Å². The molecule has 0 radical (unpaired) electrons. The number of aliphatic hydroxyl groups is 1. The van der Waals surface area contributed by atoms with Crippen LogP contribution in [0.25, 0.3) is 0 Å². The van der Waals surface area contributed by atoms with E-state index >= 15 is 0 Å². The fourth-order valence-corrected chi connectivity index (χ4v) is 3.16. The normalized spacial score (nSPS) is 11.8. The number of benzene rings is 1. The molecule has 0 atom stereocenters. The second-order valence-electron chi connectivity index (χ2n) is 4.83. The van der Waals surface area contributed by atoms with Gasteiger partial charge < -0.3 is 5.11 Å². The lowest BCUT2D eigenvalue weighted by Crippen LogP contribution is -2.27. The Hall–Kier alpha value is -1.76. The summed E-state index contributed by atoms with van der Waals surface area (Å²) in [5, 5.41) is 9.26. The Morgan fingerprint density at radius 1 is 1.24 bits per heavy atom. The van der Waals surface area contributed by atoms with Gasteiger partial charge in [0.15, 0.2) is 0 Å². The number of aryl methyl sites for hydroxylation is 1. The predicted molar refractivity (Wildman–Crippen MR) is 80.0 cm³/mol. The molecule has 0 amide bonds. The van der Waals surface area contributed by atoms with Crippen molar-refractivity contribution in [2.45, 2.75) is 25.0 Å². The first-order chi connectivity index (χ1) is 9.95. The molecule has 1 heterocycles. The smallest absolute Gasteiger partial charge is 0.243 e. The van der Waals surface area contributed by atoms with Crippen molar-refractivity contribution in [3.05, 3.63) is 59.4 Å². The molecule has 0 fully saturated rings. The zero-order chi connectivity index (χ0) is 15.5. The molecule has 0 saturated heterocycles. The van der Waals surface area contributed by atoms with E-state index in [0.717, 1.165) is 5.56 Å². The fourth-order valence-electron chi connectivity index (χ4n) is 1.96. The minimum absolute atomic E-state index is 0.176. The summed E-state index contributed by atoms with van der Waals surface area (Å²) in [6.45, 7) is 1.85. The zero-order valence-corrected chi connectivity index (χ0v) is 12.8. The van der Waals surface area contributed by atoms with Gasteiger partial charge in [-0.3, -0.25) is 4.98 Å². The Morgan fingerprint density at radius 2 is 2.00 bits per heavy atom. The summed E-state index contributed by atoms with van der Waals surface area (Å²) in [5.41, 5.74) is 2.16. The molecule has 21 heavy (non-hydrogen) atoms. The highest BCUT2D eigenvalue weighted by molar-refractivity contribution is 7.89. The highest BCUT2D eigenvalue weighted by atomic mass is 32.2. The van der Waals surface area contributed by atoms with Crippen molar-refractivity contribution in [2.75, 3.05) is 7.05 Å². The monoisotopic (exact) mass is 306 g/mol. The van der Waals surface area contributed by atoms with E-state index in [1.807, 2.05) is 13.0 Å². The molecule has 1 N–H and O–H groups in total. The van der Waals surface area contributed by atoms with Crippen molar-refractivity contribution in [3.63, 3.8) is 0 Å². The van der Waals surface area contributed by atoms with E-state index in [4.69, 9.17) is 0 Å². The Balaban J connectivity index is 2.29. The minimum Gasteiger partial charge on any atom is -0.392 e. The van der Waals surface area contributed by atoms with Crippen LogP contribution in [0.3, 0.4) is 0 Å². The molecule has 2 rings (SSSR count). The van der Waals surface area contributed by atoms with Crippen LogP contribution in [0.1, 0.15) is 16.8 Å². The minimum atomic E-state index is -3.60. The highest BCUT2D eigenvalue weighted by Gasteiger charge is 2.21. The van der Waals surface area contributed by atoms with E-state index < -0.39 is 10.0 Å². The van der Waals surface area contributed by atoms with Crippen molar-refractivity contribution >= 4 is 10.0 Å². The Labute approximate surface area is 124 Å². The van der Waals surface area contributed by atoms with Crippen molar-refractivity contribution in [3.8, 4) is 0 Å². The molecule has 0 spiro atoms. The lowest BCUT2D eigenvalue weighted by molar-refractivity contribution is 0.280. The first-order valence-corrected chi connectivity index (χ1v) is 7.96. The van der Waals surface area contributed by atoms with Gasteiger partial charge in [-0.2, -0.15) is 4.31 Å². The second-order valence-corrected chi connectivity index (χ2v) is 6.87. The van der Waals surface area contributed by atoms with Crippen molar-refractivity contribution in [1.29, 1.82) is 0 Å². The summed E-state index contributed by atoms with van der Waals surface area (Å²) >= 11 is 0. The molecule has 2 aromatic rings. The standard InChI is InChI=1S/C15H18N2O3S/c1-12-6-7-15(9-13(12)11-18)21(19,20)17(2)10-14-5-3-4-8-16-14/h3-9,18H,10-11H2,1-2H3. The molecule has 0 aliphatic rings. The number of aromatic nitrogens is 1. The molecular weight excluding hydrogens is 288 g/mol. The van der Waals surface area contributed by atoms with Crippen LogP contribution in [0.2, 0.25) is 0 Å². The number of aliphatic hydroxyl groups excluding tert-OH is 1. The second kappa shape index (κ2) is 6.34. The summed E-state index contributed by atoms with van der Waals surface area (Å²) in [6, 6.07) is 10.1. The van der Waals surface area contributed by atoms with Gasteiger partial charge in [0.05, 0.1) is 23.7 Å². The van der Waals surface area contributed by atoms with Crippen LogP contribution in [0.4, 0.5) is 0 Å². The van der Waals surface area contributed by atoms with Gasteiger partial charge >= 0.3 is 0 Å². The molecule has 1 aromatic heterocycles. The average Bonchev–Trinajstić information content (AvgIpc) is 2.48. The summed E-state index contributed by atoms with van der Waals surface area (Å²) in [4.78, 5) is 4.30. The lowest BCUT2D eigenvalue weighted by atomic mass is 10.1. The molecule has 6 heteroatoms. The molecule has 0 unspecified atom stereocenters. The summed E-state index contributed by atoms with van der Waals surface area (Å²) in [6.07, 6.45) is 1.63. The van der Waals surface area contributed by atoms with Gasteiger partial charge in [-0.05, 0) is 42.3 Å². The number of hydrogen-bond acceptors (Lipinski definition) is 4. The topological polar surface area (TPSA) is 70.5 Å². The predicted octanol–water partition coefficient (Wildman–Crippen LogP) is 1.70. The van der Waals surface area contributed by atoms with E-state index in [-0.39, 0.29) is 18.0 Å². The quantitative estimate of drug-likeness (QED) is 0.913. The summed E-state index contributed by atoms with van der Waals surface area (Å²) in [5.74, 6) is 0. The van der Waals surface area contributed by atoms with Gasteiger partial charge in [-0.1, -0.05) is 12.1 Å². The molecule has 1 aromatic carbocycles. The number of pyridine rings is 1. The van der Waals surface area contributed by atoms with Gasteiger partial charge in [-0.25, -0.2) is 8.42 Å². The Kier molecular flexibility index (Phi) is 4.72. The number of nitrogens with zero attached hydrogens (tertiary/aromatic N) is 2. The fraction of sp³-hybridized carbons (Fsp3) is 0.267. The molecule has 0 aliphatic heterocycles. The van der Waals surface area contributed by atoms with Crippen molar-refractivity contribution in [1.82, 2.24) is 9.29 Å². The van der Waals surface area contributed by atoms with Gasteiger partial charge in [0.2, 0.25) is 10.0 Å². The van der Waals surface area contributed by atoms with E-state index in [9.17, 15) is 13.5 Å². The molecule has 112 valence electrons. The maximum absolute atomic E-state index is 12.5. The van der Waals surface area contributed by atoms with E-state index in [0.29, 0.717) is 11.3 Å². The Bertz CT molecular complexity index is 715. The maximum Gasteiger partial charge on any atom is 0.243 e. The van der Waals surface area contributed by atoms with Crippen LogP contribution in [0, 0.1) is 6.92 Å². The molecule has 0 bridgehead atoms. The van der Waals surface area contributed by atoms with E-state index in [1.165, 1.54) is 17.4 Å². The van der Waals surface area contributed by atoms with Crippen LogP contribution in [-0.2, 0) is 23.2 Å². The Morgan fingerprint density at radius 3 is 2.62 bits per heavy atom. The number of sulfonamides is 1. The van der Waals surface area contributed by atoms with E-state index in [2.05, 4.69) is 4.98 Å². The van der Waals surface area contributed by atoms with Crippen molar-refractivity contribution in [2.24, 2.45) is 0 Å². The largest absolute Gasteiger partial charge is 0.392 e. The third-order valence-corrected chi connectivity index (χ3v) is 5.11. The van der Waals surface area contributed by atoms with Crippen molar-refractivity contribution < 1.29 is 13.5 Å². The average molecular weight is 306 g/mol. The highest BCUT2D eigenvalue weighted by Crippen LogP contribution is 2.20. The third-order valence-electron chi connectivity index (χ3n) is 3.31. The van der Waals surface area contributed by atoms with Crippen LogP contribution in [0.5, 0.6) is 0 Å². The van der Waals surface area contributed by atoms with E-state index in [1.54, 1.807) is 30.5 Å². The first-order valence-electron chi connectivity index (χ1n) is 6.52. The molecule has 5 nitrogen and oxygen atoms in total. The van der Waals surface area contributed by atoms with Crippen LogP contribution in [-0.4, -0.2) is 29.9 Å². The molecular formula is C15H18N2O3S. The summed E-state index contributed by atoms with van der Waals surface area (Å²) < 4.78 is 26.3. The SMILES string of the molecule is Cc1ccc(S(=O)(=O)N(C)Cc2ccccn2)cc1CO. The first kappa shape index (κ1) is 15.6. The number of hydrogen-bond donors (Lipinski definition) is 1. The van der Waals surface area contributed by atoms with Crippen LogP contribution in [0.15, 0.2) is 47.5 Å².